The number of halogens is 4. The lowest BCUT2D eigenvalue weighted by Gasteiger charge is -2.11. The van der Waals surface area contributed by atoms with Gasteiger partial charge < -0.3 is 5.73 Å². The summed E-state index contributed by atoms with van der Waals surface area (Å²) in [6.45, 7) is 1.38. The Morgan fingerprint density at radius 2 is 2.06 bits per heavy atom. The van der Waals surface area contributed by atoms with Gasteiger partial charge in [0.2, 0.25) is 0 Å². The summed E-state index contributed by atoms with van der Waals surface area (Å²) in [5.74, 6) is -0.138. The third-order valence-corrected chi connectivity index (χ3v) is 3.91. The maximum absolute atomic E-state index is 12.2. The number of rotatable bonds is 3. The van der Waals surface area contributed by atoms with Crippen LogP contribution in [0.2, 0.25) is 0 Å². The Morgan fingerprint density at radius 3 is 2.47 bits per heavy atom. The number of benzene rings is 1. The van der Waals surface area contributed by atoms with Crippen molar-refractivity contribution in [3.05, 3.63) is 23.8 Å². The van der Waals surface area contributed by atoms with Gasteiger partial charge in [0, 0.05) is 10.6 Å². The number of Topliss-reactive ketones (excluding diaryl/α,β-unsaturated/α-hetero) is 1. The number of ketones is 1. The molecule has 1 atom stereocenters. The Labute approximate surface area is 109 Å². The Kier molecular flexibility index (Phi) is 4.48. The molecule has 1 aromatic rings. The van der Waals surface area contributed by atoms with E-state index in [1.807, 2.05) is 0 Å². The standard InChI is InChI=1S/C10H9BrF3NOS/c1-5(16)9(11)6-2-3-8(7(15)4-6)17-10(12,13)14/h2-4,9H,15H2,1H3. The van der Waals surface area contributed by atoms with Gasteiger partial charge in [0.05, 0.1) is 4.83 Å². The molecule has 0 amide bonds. The smallest absolute Gasteiger partial charge is 0.398 e. The fourth-order valence-corrected chi connectivity index (χ4v) is 2.02. The normalized spacial score (nSPS) is 13.5. The zero-order valence-corrected chi connectivity index (χ0v) is 11.1. The molecule has 0 spiro atoms. The molecular formula is C10H9BrF3NOS. The van der Waals surface area contributed by atoms with Crippen LogP contribution in [0.25, 0.3) is 0 Å². The van der Waals surface area contributed by atoms with Gasteiger partial charge in [0.15, 0.2) is 0 Å². The third-order valence-electron chi connectivity index (χ3n) is 1.91. The molecule has 1 rings (SSSR count). The molecule has 0 saturated heterocycles. The third kappa shape index (κ3) is 4.23. The number of carbonyl (C=O) groups is 1. The van der Waals surface area contributed by atoms with E-state index in [4.69, 9.17) is 5.73 Å². The summed E-state index contributed by atoms with van der Waals surface area (Å²) in [6.07, 6.45) is 0. The van der Waals surface area contributed by atoms with Gasteiger partial charge in [-0.25, -0.2) is 0 Å². The van der Waals surface area contributed by atoms with Crippen molar-refractivity contribution in [2.24, 2.45) is 0 Å². The van der Waals surface area contributed by atoms with Gasteiger partial charge in [0.25, 0.3) is 0 Å². The average molecular weight is 328 g/mol. The Morgan fingerprint density at radius 1 is 1.47 bits per heavy atom. The number of thioether (sulfide) groups is 1. The van der Waals surface area contributed by atoms with E-state index >= 15 is 0 Å². The molecule has 0 radical (unpaired) electrons. The average Bonchev–Trinajstić information content (AvgIpc) is 2.18. The topological polar surface area (TPSA) is 43.1 Å². The molecule has 0 heterocycles. The first-order valence-electron chi connectivity index (χ1n) is 4.50. The fraction of sp³-hybridized carbons (Fsp3) is 0.300. The Hall–Kier alpha value is -0.690. The molecule has 0 fully saturated rings. The number of alkyl halides is 4. The van der Waals surface area contributed by atoms with Crippen molar-refractivity contribution in [1.82, 2.24) is 0 Å². The van der Waals surface area contributed by atoms with Crippen molar-refractivity contribution < 1.29 is 18.0 Å². The van der Waals surface area contributed by atoms with E-state index in [0.29, 0.717) is 5.56 Å². The van der Waals surface area contributed by atoms with Crippen LogP contribution >= 0.6 is 27.7 Å². The highest BCUT2D eigenvalue weighted by molar-refractivity contribution is 9.09. The molecule has 0 bridgehead atoms. The molecule has 2 N–H and O–H groups in total. The molecule has 0 aliphatic heterocycles. The molecule has 0 aliphatic rings. The fourth-order valence-electron chi connectivity index (χ4n) is 1.18. The van der Waals surface area contributed by atoms with Gasteiger partial charge in [-0.3, -0.25) is 4.79 Å². The molecule has 17 heavy (non-hydrogen) atoms. The number of nitrogens with two attached hydrogens (primary N) is 1. The van der Waals surface area contributed by atoms with Crippen LogP contribution in [0.3, 0.4) is 0 Å². The van der Waals surface area contributed by atoms with Crippen LogP contribution in [0.4, 0.5) is 18.9 Å². The summed E-state index contributed by atoms with van der Waals surface area (Å²) >= 11 is 2.87. The van der Waals surface area contributed by atoms with E-state index in [-0.39, 0.29) is 28.1 Å². The first-order chi connectivity index (χ1) is 7.70. The molecular weight excluding hydrogens is 319 g/mol. The summed E-state index contributed by atoms with van der Waals surface area (Å²) in [5.41, 5.74) is 1.70. The van der Waals surface area contributed by atoms with Crippen molar-refractivity contribution in [2.75, 3.05) is 5.73 Å². The highest BCUT2D eigenvalue weighted by Crippen LogP contribution is 2.40. The Bertz CT molecular complexity index is 436. The van der Waals surface area contributed by atoms with E-state index in [1.165, 1.54) is 25.1 Å². The number of anilines is 1. The molecule has 1 unspecified atom stereocenters. The van der Waals surface area contributed by atoms with Gasteiger partial charge in [0.1, 0.15) is 5.78 Å². The Balaban J connectivity index is 2.98. The van der Waals surface area contributed by atoms with Crippen LogP contribution in [0, 0.1) is 0 Å². The quantitative estimate of drug-likeness (QED) is 0.520. The largest absolute Gasteiger partial charge is 0.446 e. The van der Waals surface area contributed by atoms with Crippen LogP contribution in [0.15, 0.2) is 23.1 Å². The number of hydrogen-bond donors (Lipinski definition) is 1. The van der Waals surface area contributed by atoms with E-state index in [9.17, 15) is 18.0 Å². The van der Waals surface area contributed by atoms with Crippen LogP contribution in [0.1, 0.15) is 17.3 Å². The molecule has 94 valence electrons. The second kappa shape index (κ2) is 5.30. The molecule has 1 aromatic carbocycles. The predicted molar refractivity (Wildman–Crippen MR) is 65.1 cm³/mol. The van der Waals surface area contributed by atoms with Crippen LogP contribution in [-0.2, 0) is 4.79 Å². The van der Waals surface area contributed by atoms with E-state index < -0.39 is 10.3 Å². The molecule has 0 aromatic heterocycles. The van der Waals surface area contributed by atoms with Crippen LogP contribution in [-0.4, -0.2) is 11.3 Å². The lowest BCUT2D eigenvalue weighted by atomic mass is 10.1. The highest BCUT2D eigenvalue weighted by Gasteiger charge is 2.30. The van der Waals surface area contributed by atoms with E-state index in [0.717, 1.165) is 0 Å². The first kappa shape index (κ1) is 14.4. The van der Waals surface area contributed by atoms with Gasteiger partial charge in [-0.05, 0) is 36.4 Å². The second-order valence-electron chi connectivity index (χ2n) is 3.32. The van der Waals surface area contributed by atoms with Crippen molar-refractivity contribution in [1.29, 1.82) is 0 Å². The van der Waals surface area contributed by atoms with Crippen LogP contribution < -0.4 is 5.73 Å². The zero-order valence-electron chi connectivity index (χ0n) is 8.72. The molecule has 2 nitrogen and oxygen atoms in total. The SMILES string of the molecule is CC(=O)C(Br)c1ccc(SC(F)(F)F)c(N)c1. The second-order valence-corrected chi connectivity index (χ2v) is 5.34. The summed E-state index contributed by atoms with van der Waals surface area (Å²) < 4.78 is 36.5. The molecule has 7 heteroatoms. The van der Waals surface area contributed by atoms with Crippen molar-refractivity contribution in [3.63, 3.8) is 0 Å². The van der Waals surface area contributed by atoms with Gasteiger partial charge in [-0.1, -0.05) is 22.0 Å². The van der Waals surface area contributed by atoms with Gasteiger partial charge in [-0.2, -0.15) is 13.2 Å². The summed E-state index contributed by atoms with van der Waals surface area (Å²) in [6, 6.07) is 4.08. The summed E-state index contributed by atoms with van der Waals surface area (Å²) in [5, 5.41) is 0. The minimum absolute atomic E-state index is 0.00975. The van der Waals surface area contributed by atoms with Crippen molar-refractivity contribution >= 4 is 39.2 Å². The molecule has 0 saturated carbocycles. The molecule has 0 aliphatic carbocycles. The van der Waals surface area contributed by atoms with Gasteiger partial charge >= 0.3 is 5.51 Å². The van der Waals surface area contributed by atoms with E-state index in [2.05, 4.69) is 15.9 Å². The summed E-state index contributed by atoms with van der Waals surface area (Å²) in [4.78, 5) is 10.5. The van der Waals surface area contributed by atoms with E-state index in [1.54, 1.807) is 0 Å². The number of carbonyl (C=O) groups excluding carboxylic acids is 1. The lowest BCUT2D eigenvalue weighted by Crippen LogP contribution is -2.04. The lowest BCUT2D eigenvalue weighted by molar-refractivity contribution is -0.116. The number of hydrogen-bond acceptors (Lipinski definition) is 3. The first-order valence-corrected chi connectivity index (χ1v) is 6.23. The maximum Gasteiger partial charge on any atom is 0.446 e. The highest BCUT2D eigenvalue weighted by atomic mass is 79.9. The zero-order chi connectivity index (χ0) is 13.2. The van der Waals surface area contributed by atoms with Crippen molar-refractivity contribution in [2.45, 2.75) is 22.2 Å². The van der Waals surface area contributed by atoms with Gasteiger partial charge in [-0.15, -0.1) is 0 Å². The van der Waals surface area contributed by atoms with Crippen LogP contribution in [0.5, 0.6) is 0 Å². The monoisotopic (exact) mass is 327 g/mol. The maximum atomic E-state index is 12.2. The summed E-state index contributed by atoms with van der Waals surface area (Å²) in [7, 11) is 0. The number of nitrogen functional groups attached to an aromatic ring is 1. The van der Waals surface area contributed by atoms with Crippen molar-refractivity contribution in [3.8, 4) is 0 Å². The predicted octanol–water partition coefficient (Wildman–Crippen LogP) is 3.91. The minimum atomic E-state index is -4.37. The minimum Gasteiger partial charge on any atom is -0.398 e.